The van der Waals surface area contributed by atoms with Gasteiger partial charge in [-0.05, 0) is 42.0 Å². The molecule has 7 nitrogen and oxygen atoms in total. The molecule has 8 heteroatoms. The number of hydrogen-bond acceptors (Lipinski definition) is 6. The van der Waals surface area contributed by atoms with Crippen LogP contribution < -0.4 is 22.0 Å². The maximum Gasteiger partial charge on any atom is 0.168 e. The van der Waals surface area contributed by atoms with Crippen molar-refractivity contribution in [3.05, 3.63) is 96.8 Å². The fourth-order valence-corrected chi connectivity index (χ4v) is 3.59. The first-order chi connectivity index (χ1) is 15.3. The lowest BCUT2D eigenvalue weighted by atomic mass is 10.2. The van der Waals surface area contributed by atoms with E-state index in [9.17, 15) is 0 Å². The van der Waals surface area contributed by atoms with Gasteiger partial charge in [0.1, 0.15) is 23.7 Å². The van der Waals surface area contributed by atoms with Gasteiger partial charge in [-0.15, -0.1) is 0 Å². The van der Waals surface area contributed by atoms with Crippen molar-refractivity contribution in [2.45, 2.75) is 13.1 Å². The average Bonchev–Trinajstić information content (AvgIpc) is 3.49. The number of aromatic nitrogens is 4. The van der Waals surface area contributed by atoms with Gasteiger partial charge in [0, 0.05) is 6.54 Å². The number of benzene rings is 2. The molecule has 0 fully saturated rings. The van der Waals surface area contributed by atoms with E-state index < -0.39 is 0 Å². The molecule has 0 N–H and O–H groups in total. The number of rotatable bonds is 7. The van der Waals surface area contributed by atoms with Crippen LogP contribution >= 0.6 is 0 Å². The Kier molecular flexibility index (Phi) is 6.37. The molecule has 3 heterocycles. The number of furan rings is 1. The Bertz CT molecular complexity index is 1270. The molecule has 0 aliphatic rings. The second kappa shape index (κ2) is 9.53. The van der Waals surface area contributed by atoms with Crippen LogP contribution in [0.3, 0.4) is 0 Å². The van der Waals surface area contributed by atoms with Gasteiger partial charge in [-0.25, -0.2) is 14.6 Å². The van der Waals surface area contributed by atoms with E-state index in [1.165, 1.54) is 0 Å². The number of anilines is 1. The van der Waals surface area contributed by atoms with Crippen LogP contribution in [0.15, 0.2) is 89.9 Å². The normalized spacial score (nSPS) is 10.7. The summed E-state index contributed by atoms with van der Waals surface area (Å²) < 4.78 is 12.7. The van der Waals surface area contributed by atoms with E-state index in [2.05, 4.69) is 32.1 Å². The third-order valence-corrected chi connectivity index (χ3v) is 5.10. The number of hydrogen-bond donors (Lipinski definition) is 0. The summed E-state index contributed by atoms with van der Waals surface area (Å²) in [5.41, 5.74) is 2.85. The number of halogens is 1. The lowest BCUT2D eigenvalue weighted by Crippen LogP contribution is -3.00. The molecular formula is C24H21ClN5O2-. The molecule has 0 spiro atoms. The highest BCUT2D eigenvalue weighted by molar-refractivity contribution is 5.87. The summed E-state index contributed by atoms with van der Waals surface area (Å²) in [4.78, 5) is 11.3. The van der Waals surface area contributed by atoms with Crippen molar-refractivity contribution >= 4 is 16.9 Å². The Morgan fingerprint density at radius 3 is 2.47 bits per heavy atom. The third-order valence-electron chi connectivity index (χ3n) is 5.10. The fraction of sp³-hybridized carbons (Fsp3) is 0.125. The first-order valence-corrected chi connectivity index (χ1v) is 9.96. The van der Waals surface area contributed by atoms with Gasteiger partial charge in [0.2, 0.25) is 0 Å². The molecule has 3 aromatic heterocycles. The summed E-state index contributed by atoms with van der Waals surface area (Å²) in [6, 6.07) is 21.9. The van der Waals surface area contributed by atoms with Crippen LogP contribution in [0.5, 0.6) is 5.75 Å². The standard InChI is InChI=1S/C24H21N5O2.ClH/c1-30-20-11-9-18(10-12-20)15-28(16-21-8-5-13-31-21)23-22-14-27-29(24(22)26-17-25-23)19-6-3-2-4-7-19;/h2-14,17H,15-16H2,1H3;1H/p-1. The molecule has 5 aromatic rings. The fourth-order valence-electron chi connectivity index (χ4n) is 3.59. The summed E-state index contributed by atoms with van der Waals surface area (Å²) in [5, 5.41) is 5.46. The van der Waals surface area contributed by atoms with Gasteiger partial charge >= 0.3 is 0 Å². The van der Waals surface area contributed by atoms with Crippen LogP contribution in [-0.4, -0.2) is 26.9 Å². The molecule has 0 aliphatic carbocycles. The Morgan fingerprint density at radius 2 is 1.75 bits per heavy atom. The molecule has 0 amide bonds. The quantitative estimate of drug-likeness (QED) is 0.378. The summed E-state index contributed by atoms with van der Waals surface area (Å²) in [7, 11) is 1.67. The second-order valence-corrected chi connectivity index (χ2v) is 7.11. The first kappa shape index (κ1) is 21.4. The van der Waals surface area contributed by atoms with E-state index >= 15 is 0 Å². The Hall–Kier alpha value is -3.84. The van der Waals surface area contributed by atoms with Gasteiger partial charge in [0.15, 0.2) is 5.65 Å². The zero-order valence-electron chi connectivity index (χ0n) is 17.4. The van der Waals surface area contributed by atoms with Crippen LogP contribution in [0.4, 0.5) is 5.82 Å². The molecule has 0 saturated carbocycles. The monoisotopic (exact) mass is 446 g/mol. The maximum atomic E-state index is 5.62. The summed E-state index contributed by atoms with van der Waals surface area (Å²) in [6.45, 7) is 1.22. The van der Waals surface area contributed by atoms with Crippen molar-refractivity contribution in [1.29, 1.82) is 0 Å². The van der Waals surface area contributed by atoms with Crippen molar-refractivity contribution < 1.29 is 21.6 Å². The molecule has 0 atom stereocenters. The van der Waals surface area contributed by atoms with E-state index in [0.717, 1.165) is 39.6 Å². The smallest absolute Gasteiger partial charge is 0.168 e. The summed E-state index contributed by atoms with van der Waals surface area (Å²) >= 11 is 0. The third kappa shape index (κ3) is 4.29. The maximum absolute atomic E-state index is 5.62. The number of nitrogens with zero attached hydrogens (tertiary/aromatic N) is 5. The molecule has 0 unspecified atom stereocenters. The van der Waals surface area contributed by atoms with Gasteiger partial charge in [-0.1, -0.05) is 30.3 Å². The number of ether oxygens (including phenoxy) is 1. The Morgan fingerprint density at radius 1 is 0.938 bits per heavy atom. The first-order valence-electron chi connectivity index (χ1n) is 9.96. The van der Waals surface area contributed by atoms with Gasteiger partial charge in [-0.3, -0.25) is 0 Å². The van der Waals surface area contributed by atoms with Crippen molar-refractivity contribution in [3.8, 4) is 11.4 Å². The Labute approximate surface area is 191 Å². The van der Waals surface area contributed by atoms with Crippen LogP contribution in [0.2, 0.25) is 0 Å². The van der Waals surface area contributed by atoms with Crippen molar-refractivity contribution in [1.82, 2.24) is 19.7 Å². The lowest BCUT2D eigenvalue weighted by Gasteiger charge is -2.23. The number of fused-ring (bicyclic) bond motifs is 1. The van der Waals surface area contributed by atoms with E-state index in [1.807, 2.05) is 65.5 Å². The molecule has 5 rings (SSSR count). The highest BCUT2D eigenvalue weighted by Crippen LogP contribution is 2.27. The van der Waals surface area contributed by atoms with E-state index in [1.54, 1.807) is 19.7 Å². The minimum absolute atomic E-state index is 0. The van der Waals surface area contributed by atoms with Gasteiger partial charge < -0.3 is 26.5 Å². The Balaban J connectivity index is 0.00000245. The molecule has 162 valence electrons. The minimum Gasteiger partial charge on any atom is -1.00 e. The highest BCUT2D eigenvalue weighted by atomic mass is 35.5. The molecule has 0 aliphatic heterocycles. The van der Waals surface area contributed by atoms with Gasteiger partial charge in [0.25, 0.3) is 0 Å². The summed E-state index contributed by atoms with van der Waals surface area (Å²) in [5.74, 6) is 2.49. The molecule has 2 aromatic carbocycles. The van der Waals surface area contributed by atoms with Crippen LogP contribution in [0.1, 0.15) is 11.3 Å². The predicted molar refractivity (Wildman–Crippen MR) is 118 cm³/mol. The zero-order valence-corrected chi connectivity index (χ0v) is 18.2. The van der Waals surface area contributed by atoms with Crippen LogP contribution in [-0.2, 0) is 13.1 Å². The van der Waals surface area contributed by atoms with Crippen molar-refractivity contribution in [2.24, 2.45) is 0 Å². The topological polar surface area (TPSA) is 69.2 Å². The predicted octanol–water partition coefficient (Wildman–Crippen LogP) is 1.63. The van der Waals surface area contributed by atoms with E-state index in [-0.39, 0.29) is 12.4 Å². The zero-order chi connectivity index (χ0) is 21.0. The molecule has 0 radical (unpaired) electrons. The van der Waals surface area contributed by atoms with Crippen molar-refractivity contribution in [3.63, 3.8) is 0 Å². The lowest BCUT2D eigenvalue weighted by molar-refractivity contribution is -0.00000719. The molecule has 0 saturated heterocycles. The number of para-hydroxylation sites is 1. The van der Waals surface area contributed by atoms with Crippen LogP contribution in [0.25, 0.3) is 16.7 Å². The molecular weight excluding hydrogens is 426 g/mol. The SMILES string of the molecule is COc1ccc(CN(Cc2ccco2)c2ncnc3c2cnn3-c2ccccc2)cc1.[Cl-]. The highest BCUT2D eigenvalue weighted by Gasteiger charge is 2.18. The molecule has 0 bridgehead atoms. The van der Waals surface area contributed by atoms with E-state index in [0.29, 0.717) is 13.1 Å². The van der Waals surface area contributed by atoms with E-state index in [4.69, 9.17) is 9.15 Å². The average molecular weight is 447 g/mol. The van der Waals surface area contributed by atoms with Crippen molar-refractivity contribution in [2.75, 3.05) is 12.0 Å². The number of methoxy groups -OCH3 is 1. The van der Waals surface area contributed by atoms with Gasteiger partial charge in [0.05, 0.1) is 37.2 Å². The largest absolute Gasteiger partial charge is 1.00 e. The summed E-state index contributed by atoms with van der Waals surface area (Å²) in [6.07, 6.45) is 5.09. The minimum atomic E-state index is 0. The molecule has 32 heavy (non-hydrogen) atoms. The second-order valence-electron chi connectivity index (χ2n) is 7.11. The van der Waals surface area contributed by atoms with Crippen LogP contribution in [0, 0.1) is 0 Å². The van der Waals surface area contributed by atoms with Gasteiger partial charge in [-0.2, -0.15) is 5.10 Å².